The fourth-order valence-corrected chi connectivity index (χ4v) is 7.29. The van der Waals surface area contributed by atoms with Crippen molar-refractivity contribution >= 4 is 61.7 Å². The lowest BCUT2D eigenvalue weighted by molar-refractivity contribution is -0.128. The first kappa shape index (κ1) is 18.8. The van der Waals surface area contributed by atoms with Crippen LogP contribution in [0.2, 0.25) is 0 Å². The topological polar surface area (TPSA) is 51.1 Å². The molecule has 9 heteroatoms. The van der Waals surface area contributed by atoms with Gasteiger partial charge in [-0.3, -0.25) is 9.69 Å². The molecule has 27 heavy (non-hydrogen) atoms. The molecule has 2 heterocycles. The van der Waals surface area contributed by atoms with Crippen molar-refractivity contribution < 1.29 is 14.3 Å². The number of ether oxygens (including phenoxy) is 2. The minimum absolute atomic E-state index is 0.258. The highest BCUT2D eigenvalue weighted by Gasteiger charge is 2.77. The number of carbonyl (C=O) groups excluding carboxylic acids is 1. The van der Waals surface area contributed by atoms with Crippen molar-refractivity contribution in [2.75, 3.05) is 19.1 Å². The first-order chi connectivity index (χ1) is 13.0. The predicted molar refractivity (Wildman–Crippen MR) is 112 cm³/mol. The number of hydrogen-bond acceptors (Lipinski definition) is 6. The molecule has 1 spiro atoms. The number of anilines is 1. The summed E-state index contributed by atoms with van der Waals surface area (Å²) in [6.45, 7) is 0. The van der Waals surface area contributed by atoms with Gasteiger partial charge in [0.15, 0.2) is 14.9 Å². The Morgan fingerprint density at radius 1 is 1.11 bits per heavy atom. The van der Waals surface area contributed by atoms with Crippen LogP contribution in [0.5, 0.6) is 11.5 Å². The summed E-state index contributed by atoms with van der Waals surface area (Å²) >= 11 is 13.5. The molecule has 1 amide bonds. The van der Waals surface area contributed by atoms with E-state index in [0.29, 0.717) is 22.7 Å². The van der Waals surface area contributed by atoms with E-state index in [-0.39, 0.29) is 11.1 Å². The summed E-state index contributed by atoms with van der Waals surface area (Å²) in [5.74, 6) is 0.809. The number of benzene rings is 2. The van der Waals surface area contributed by atoms with Crippen LogP contribution in [0, 0.1) is 0 Å². The third-order valence-corrected chi connectivity index (χ3v) is 8.40. The van der Waals surface area contributed by atoms with Crippen molar-refractivity contribution in [3.8, 4) is 11.5 Å². The van der Waals surface area contributed by atoms with E-state index < -0.39 is 9.75 Å². The van der Waals surface area contributed by atoms with Crippen molar-refractivity contribution in [3.63, 3.8) is 0 Å². The Morgan fingerprint density at radius 2 is 1.85 bits per heavy atom. The summed E-state index contributed by atoms with van der Waals surface area (Å²) in [5, 5.41) is 0.258. The summed E-state index contributed by atoms with van der Waals surface area (Å²) in [5.41, 5.74) is 1.22. The van der Waals surface area contributed by atoms with Gasteiger partial charge < -0.3 is 9.47 Å². The van der Waals surface area contributed by atoms with E-state index in [1.165, 1.54) is 28.9 Å². The summed E-state index contributed by atoms with van der Waals surface area (Å²) in [4.78, 5) is 12.5. The van der Waals surface area contributed by atoms with Crippen molar-refractivity contribution in [1.82, 2.24) is 0 Å². The molecule has 140 valence electrons. The average molecular weight is 441 g/mol. The maximum atomic E-state index is 13.4. The number of alkyl halides is 1. The van der Waals surface area contributed by atoms with Crippen LogP contribution in [0.15, 0.2) is 52.9 Å². The standard InChI is InChI=1S/C18H14Cl2N2O3S2/c1-24-12-8-9-13(14(10-12)25-2)22-16(23)17(20,11-6-4-3-5-7-11)18(22)15(19)21-27-26-18/h3-10H,1-2H3. The summed E-state index contributed by atoms with van der Waals surface area (Å²) in [6, 6.07) is 14.4. The molecular formula is C18H14Cl2N2O3S2. The number of nitrogens with zero attached hydrogens (tertiary/aromatic N) is 2. The minimum Gasteiger partial charge on any atom is -0.497 e. The fraction of sp³-hybridized carbons (Fsp3) is 0.222. The highest BCUT2D eigenvalue weighted by molar-refractivity contribution is 8.77. The molecule has 0 radical (unpaired) electrons. The zero-order valence-electron chi connectivity index (χ0n) is 14.3. The number of halogens is 2. The van der Waals surface area contributed by atoms with Crippen LogP contribution in [0.1, 0.15) is 5.56 Å². The number of hydrogen-bond donors (Lipinski definition) is 0. The summed E-state index contributed by atoms with van der Waals surface area (Å²) in [6.07, 6.45) is 0. The Bertz CT molecular complexity index is 943. The lowest BCUT2D eigenvalue weighted by Gasteiger charge is -2.58. The smallest absolute Gasteiger partial charge is 0.258 e. The molecule has 2 aromatic rings. The van der Waals surface area contributed by atoms with Gasteiger partial charge in [-0.25, -0.2) is 0 Å². The lowest BCUT2D eigenvalue weighted by atomic mass is 9.79. The van der Waals surface area contributed by atoms with Gasteiger partial charge in [0.1, 0.15) is 11.5 Å². The molecule has 4 rings (SSSR count). The van der Waals surface area contributed by atoms with Crippen LogP contribution >= 0.6 is 45.0 Å². The third kappa shape index (κ3) is 2.42. The Balaban J connectivity index is 1.89. The van der Waals surface area contributed by atoms with Gasteiger partial charge in [-0.15, -0.1) is 0 Å². The Morgan fingerprint density at radius 3 is 2.44 bits per heavy atom. The molecule has 2 aliphatic rings. The van der Waals surface area contributed by atoms with Crippen LogP contribution in [0.25, 0.3) is 0 Å². The molecule has 0 N–H and O–H groups in total. The van der Waals surface area contributed by atoms with Gasteiger partial charge in [0.2, 0.25) is 0 Å². The van der Waals surface area contributed by atoms with Gasteiger partial charge >= 0.3 is 0 Å². The maximum absolute atomic E-state index is 13.4. The van der Waals surface area contributed by atoms with Gasteiger partial charge in [0, 0.05) is 17.0 Å². The van der Waals surface area contributed by atoms with Crippen molar-refractivity contribution in [3.05, 3.63) is 54.1 Å². The lowest BCUT2D eigenvalue weighted by Crippen LogP contribution is -2.78. The van der Waals surface area contributed by atoms with Crippen LogP contribution in [0.4, 0.5) is 5.69 Å². The zero-order chi connectivity index (χ0) is 19.2. The van der Waals surface area contributed by atoms with Crippen LogP contribution in [0.3, 0.4) is 0 Å². The third-order valence-electron chi connectivity index (χ3n) is 4.63. The number of methoxy groups -OCH3 is 2. The van der Waals surface area contributed by atoms with E-state index in [4.69, 9.17) is 32.7 Å². The molecule has 0 aliphatic carbocycles. The van der Waals surface area contributed by atoms with E-state index in [9.17, 15) is 4.79 Å². The largest absolute Gasteiger partial charge is 0.497 e. The first-order valence-electron chi connectivity index (χ1n) is 7.90. The molecule has 2 aliphatic heterocycles. The van der Waals surface area contributed by atoms with Crippen LogP contribution in [-0.4, -0.2) is 30.2 Å². The number of carbonyl (C=O) groups is 1. The molecule has 0 aromatic heterocycles. The van der Waals surface area contributed by atoms with E-state index >= 15 is 0 Å². The number of amides is 1. The van der Waals surface area contributed by atoms with Gasteiger partial charge in [-0.2, -0.15) is 4.40 Å². The molecule has 2 aromatic carbocycles. The Hall–Kier alpha value is -1.54. The average Bonchev–Trinajstić information content (AvgIpc) is 3.12. The van der Waals surface area contributed by atoms with E-state index in [1.54, 1.807) is 30.2 Å². The molecule has 1 fully saturated rings. The van der Waals surface area contributed by atoms with Crippen molar-refractivity contribution in [2.45, 2.75) is 9.75 Å². The predicted octanol–water partition coefficient (Wildman–Crippen LogP) is 4.83. The first-order valence-corrected chi connectivity index (χ1v) is 10.8. The number of rotatable bonds is 4. The monoisotopic (exact) mass is 440 g/mol. The molecule has 2 unspecified atom stereocenters. The van der Waals surface area contributed by atoms with Gasteiger partial charge in [0.25, 0.3) is 5.91 Å². The normalized spacial score (nSPS) is 26.7. The van der Waals surface area contributed by atoms with Gasteiger partial charge in [-0.1, -0.05) is 53.5 Å². The van der Waals surface area contributed by atoms with Gasteiger partial charge in [0.05, 0.1) is 19.9 Å². The fourth-order valence-electron chi connectivity index (χ4n) is 3.31. The molecule has 0 saturated carbocycles. The SMILES string of the molecule is COc1ccc(N2C(=O)C(Cl)(c3ccccc3)C23SSN=C3Cl)c(OC)c1. The second-order valence-corrected chi connectivity index (χ2v) is 8.85. The molecule has 1 saturated heterocycles. The quantitative estimate of drug-likeness (QED) is 0.295. The van der Waals surface area contributed by atoms with Crippen LogP contribution < -0.4 is 14.4 Å². The van der Waals surface area contributed by atoms with Crippen molar-refractivity contribution in [1.29, 1.82) is 0 Å². The highest BCUT2D eigenvalue weighted by atomic mass is 35.5. The van der Waals surface area contributed by atoms with Crippen LogP contribution in [-0.2, 0) is 9.67 Å². The number of β-lactam (4-membered cyclic amide) rings is 1. The van der Waals surface area contributed by atoms with E-state index in [0.717, 1.165) is 0 Å². The van der Waals surface area contributed by atoms with Gasteiger partial charge in [-0.05, 0) is 28.5 Å². The second kappa shape index (κ2) is 6.81. The summed E-state index contributed by atoms with van der Waals surface area (Å²) < 4.78 is 15.0. The Labute approximate surface area is 174 Å². The molecular weight excluding hydrogens is 427 g/mol. The highest BCUT2D eigenvalue weighted by Crippen LogP contribution is 2.67. The molecule has 2 atom stereocenters. The Kier molecular flexibility index (Phi) is 4.74. The molecule has 5 nitrogen and oxygen atoms in total. The molecule has 0 bridgehead atoms. The minimum atomic E-state index is -1.37. The maximum Gasteiger partial charge on any atom is 0.258 e. The van der Waals surface area contributed by atoms with E-state index in [2.05, 4.69) is 4.40 Å². The van der Waals surface area contributed by atoms with E-state index in [1.807, 2.05) is 30.3 Å². The second-order valence-electron chi connectivity index (χ2n) is 5.89. The van der Waals surface area contributed by atoms with Crippen molar-refractivity contribution in [2.24, 2.45) is 4.40 Å². The summed E-state index contributed by atoms with van der Waals surface area (Å²) in [7, 11) is 5.66. The zero-order valence-corrected chi connectivity index (χ0v) is 17.5.